The van der Waals surface area contributed by atoms with Crippen LogP contribution in [0, 0.1) is 0 Å². The second-order valence-corrected chi connectivity index (χ2v) is 4.42. The summed E-state index contributed by atoms with van der Waals surface area (Å²) in [5.74, 6) is 1.13. The van der Waals surface area contributed by atoms with Crippen LogP contribution in [-0.4, -0.2) is 31.2 Å². The first-order chi connectivity index (χ1) is 7.93. The number of hydrogen-bond donors (Lipinski definition) is 1. The second-order valence-electron chi connectivity index (χ2n) is 4.42. The van der Waals surface area contributed by atoms with Gasteiger partial charge < -0.3 is 10.2 Å². The molecule has 1 fully saturated rings. The van der Waals surface area contributed by atoms with Gasteiger partial charge in [0.15, 0.2) is 0 Å². The van der Waals surface area contributed by atoms with E-state index in [1.165, 1.54) is 11.1 Å². The Morgan fingerprint density at radius 3 is 3.00 bits per heavy atom. The lowest BCUT2D eigenvalue weighted by Crippen LogP contribution is -2.43. The molecule has 3 nitrogen and oxygen atoms in total. The fraction of sp³-hybridized carbons (Fsp3) is 0.462. The van der Waals surface area contributed by atoms with Crippen LogP contribution in [0.2, 0.25) is 0 Å². The molecule has 0 saturated carbocycles. The average molecular weight is 215 g/mol. The first kappa shape index (κ1) is 9.85. The molecule has 1 aromatic heterocycles. The highest BCUT2D eigenvalue weighted by atomic mass is 15.2. The van der Waals surface area contributed by atoms with Crippen LogP contribution in [0.25, 0.3) is 6.08 Å². The van der Waals surface area contributed by atoms with Gasteiger partial charge in [-0.3, -0.25) is 0 Å². The summed E-state index contributed by atoms with van der Waals surface area (Å²) in [6.45, 7) is 4.26. The molecule has 1 aliphatic heterocycles. The SMILES string of the molecule is C1=Cc2cc(N3CCNCC3)ncc2CC1. The number of aryl methyl sites for hydroxylation is 1. The lowest BCUT2D eigenvalue weighted by atomic mass is 9.99. The summed E-state index contributed by atoms with van der Waals surface area (Å²) >= 11 is 0. The van der Waals surface area contributed by atoms with E-state index >= 15 is 0 Å². The van der Waals surface area contributed by atoms with E-state index in [1.54, 1.807) is 0 Å². The van der Waals surface area contributed by atoms with Gasteiger partial charge in [0.25, 0.3) is 0 Å². The Bertz CT molecular complexity index is 406. The normalized spacial score (nSPS) is 19.6. The van der Waals surface area contributed by atoms with E-state index in [-0.39, 0.29) is 0 Å². The Labute approximate surface area is 96.2 Å². The van der Waals surface area contributed by atoms with Crippen molar-refractivity contribution in [2.45, 2.75) is 12.8 Å². The molecule has 3 rings (SSSR count). The molecular formula is C13H17N3. The van der Waals surface area contributed by atoms with Gasteiger partial charge in [0, 0.05) is 32.4 Å². The molecule has 1 aromatic rings. The zero-order chi connectivity index (χ0) is 10.8. The Hall–Kier alpha value is -1.35. The number of rotatable bonds is 1. The zero-order valence-corrected chi connectivity index (χ0v) is 9.45. The number of anilines is 1. The predicted octanol–water partition coefficient (Wildman–Crippen LogP) is 1.45. The van der Waals surface area contributed by atoms with Crippen LogP contribution in [0.4, 0.5) is 5.82 Å². The molecule has 84 valence electrons. The summed E-state index contributed by atoms with van der Waals surface area (Å²) in [5.41, 5.74) is 2.75. The van der Waals surface area contributed by atoms with Gasteiger partial charge in [0.2, 0.25) is 0 Å². The first-order valence-corrected chi connectivity index (χ1v) is 6.04. The van der Waals surface area contributed by atoms with E-state index < -0.39 is 0 Å². The monoisotopic (exact) mass is 215 g/mol. The van der Waals surface area contributed by atoms with Crippen molar-refractivity contribution in [2.24, 2.45) is 0 Å². The van der Waals surface area contributed by atoms with E-state index in [2.05, 4.69) is 39.6 Å². The van der Waals surface area contributed by atoms with Crippen molar-refractivity contribution in [1.29, 1.82) is 0 Å². The van der Waals surface area contributed by atoms with Gasteiger partial charge in [-0.25, -0.2) is 4.98 Å². The molecule has 0 aromatic carbocycles. The lowest BCUT2D eigenvalue weighted by molar-refractivity contribution is 0.585. The molecule has 2 aliphatic rings. The Morgan fingerprint density at radius 2 is 2.12 bits per heavy atom. The van der Waals surface area contributed by atoms with E-state index in [9.17, 15) is 0 Å². The molecule has 1 aliphatic carbocycles. The molecule has 16 heavy (non-hydrogen) atoms. The maximum Gasteiger partial charge on any atom is 0.129 e. The molecule has 0 radical (unpaired) electrons. The Morgan fingerprint density at radius 1 is 1.25 bits per heavy atom. The molecule has 0 amide bonds. The number of fused-ring (bicyclic) bond motifs is 1. The molecule has 0 spiro atoms. The van der Waals surface area contributed by atoms with Crippen molar-refractivity contribution in [2.75, 3.05) is 31.1 Å². The van der Waals surface area contributed by atoms with E-state index in [4.69, 9.17) is 0 Å². The quantitative estimate of drug-likeness (QED) is 0.768. The summed E-state index contributed by atoms with van der Waals surface area (Å²) in [6.07, 6.45) is 8.83. The fourth-order valence-corrected chi connectivity index (χ4v) is 2.37. The van der Waals surface area contributed by atoms with Crippen LogP contribution in [-0.2, 0) is 6.42 Å². The van der Waals surface area contributed by atoms with Crippen LogP contribution in [0.5, 0.6) is 0 Å². The molecule has 2 heterocycles. The number of hydrogen-bond acceptors (Lipinski definition) is 3. The van der Waals surface area contributed by atoms with Gasteiger partial charge in [0.05, 0.1) is 0 Å². The summed E-state index contributed by atoms with van der Waals surface area (Å²) in [4.78, 5) is 6.94. The van der Waals surface area contributed by atoms with Crippen molar-refractivity contribution in [3.05, 3.63) is 29.5 Å². The standard InChI is InChI=1S/C13H17N3/c1-2-4-12-10-15-13(9-11(12)3-1)16-7-5-14-6-8-16/h1,3,9-10,14H,2,4-8H2. The van der Waals surface area contributed by atoms with Gasteiger partial charge in [-0.1, -0.05) is 12.2 Å². The smallest absolute Gasteiger partial charge is 0.129 e. The maximum absolute atomic E-state index is 4.58. The number of nitrogens with zero attached hydrogens (tertiary/aromatic N) is 2. The first-order valence-electron chi connectivity index (χ1n) is 6.04. The van der Waals surface area contributed by atoms with Crippen molar-refractivity contribution < 1.29 is 0 Å². The van der Waals surface area contributed by atoms with Crippen molar-refractivity contribution in [3.63, 3.8) is 0 Å². The van der Waals surface area contributed by atoms with Gasteiger partial charge in [-0.15, -0.1) is 0 Å². The Kier molecular flexibility index (Phi) is 2.62. The third-order valence-corrected chi connectivity index (χ3v) is 3.33. The topological polar surface area (TPSA) is 28.2 Å². The molecule has 1 saturated heterocycles. The molecule has 0 unspecified atom stereocenters. The zero-order valence-electron chi connectivity index (χ0n) is 9.45. The van der Waals surface area contributed by atoms with E-state index in [0.29, 0.717) is 0 Å². The van der Waals surface area contributed by atoms with Gasteiger partial charge in [-0.2, -0.15) is 0 Å². The van der Waals surface area contributed by atoms with E-state index in [1.807, 2.05) is 0 Å². The molecule has 0 atom stereocenters. The van der Waals surface area contributed by atoms with E-state index in [0.717, 1.165) is 44.8 Å². The third kappa shape index (κ3) is 1.83. The molecular weight excluding hydrogens is 198 g/mol. The number of aromatic nitrogens is 1. The third-order valence-electron chi connectivity index (χ3n) is 3.33. The number of piperazine rings is 1. The molecule has 0 bridgehead atoms. The summed E-state index contributed by atoms with van der Waals surface area (Å²) in [7, 11) is 0. The molecule has 3 heteroatoms. The van der Waals surface area contributed by atoms with Gasteiger partial charge in [-0.05, 0) is 30.0 Å². The minimum atomic E-state index is 1.06. The van der Waals surface area contributed by atoms with Crippen molar-refractivity contribution in [3.8, 4) is 0 Å². The van der Waals surface area contributed by atoms with Gasteiger partial charge in [0.1, 0.15) is 5.82 Å². The molecule has 1 N–H and O–H groups in total. The highest BCUT2D eigenvalue weighted by Crippen LogP contribution is 2.22. The lowest BCUT2D eigenvalue weighted by Gasteiger charge is -2.29. The van der Waals surface area contributed by atoms with Crippen LogP contribution >= 0.6 is 0 Å². The predicted molar refractivity (Wildman–Crippen MR) is 66.7 cm³/mol. The largest absolute Gasteiger partial charge is 0.354 e. The van der Waals surface area contributed by atoms with Crippen LogP contribution in [0.15, 0.2) is 18.3 Å². The number of nitrogens with one attached hydrogen (secondary N) is 1. The fourth-order valence-electron chi connectivity index (χ4n) is 2.37. The van der Waals surface area contributed by atoms with Crippen LogP contribution in [0.3, 0.4) is 0 Å². The maximum atomic E-state index is 4.58. The number of allylic oxidation sites excluding steroid dienone is 1. The van der Waals surface area contributed by atoms with Crippen molar-refractivity contribution in [1.82, 2.24) is 10.3 Å². The highest BCUT2D eigenvalue weighted by molar-refractivity contribution is 5.60. The summed E-state index contributed by atoms with van der Waals surface area (Å²) < 4.78 is 0. The average Bonchev–Trinajstić information content (AvgIpc) is 2.39. The minimum Gasteiger partial charge on any atom is -0.354 e. The van der Waals surface area contributed by atoms with Gasteiger partial charge >= 0.3 is 0 Å². The van der Waals surface area contributed by atoms with Crippen molar-refractivity contribution >= 4 is 11.9 Å². The second kappa shape index (κ2) is 4.26. The van der Waals surface area contributed by atoms with Crippen LogP contribution in [0.1, 0.15) is 17.5 Å². The Balaban J connectivity index is 1.88. The number of pyridine rings is 1. The minimum absolute atomic E-state index is 1.06. The summed E-state index contributed by atoms with van der Waals surface area (Å²) in [6, 6.07) is 2.23. The van der Waals surface area contributed by atoms with Crippen LogP contribution < -0.4 is 10.2 Å². The summed E-state index contributed by atoms with van der Waals surface area (Å²) in [5, 5.41) is 3.36. The highest BCUT2D eigenvalue weighted by Gasteiger charge is 2.13.